The van der Waals surface area contributed by atoms with Gasteiger partial charge in [0.05, 0.1) is 0 Å². The van der Waals surface area contributed by atoms with E-state index in [0.717, 1.165) is 24.2 Å². The highest BCUT2D eigenvalue weighted by molar-refractivity contribution is 7.99. The third kappa shape index (κ3) is 4.10. The Morgan fingerprint density at radius 3 is 2.89 bits per heavy atom. The van der Waals surface area contributed by atoms with Crippen LogP contribution in [0, 0.1) is 11.7 Å². The Balaban J connectivity index is 1.48. The van der Waals surface area contributed by atoms with Crippen LogP contribution in [-0.2, 0) is 14.3 Å². The monoisotopic (exact) mass is 394 g/mol. The fourth-order valence-electron chi connectivity index (χ4n) is 3.68. The van der Waals surface area contributed by atoms with E-state index in [0.29, 0.717) is 17.1 Å². The summed E-state index contributed by atoms with van der Waals surface area (Å²) < 4.78 is 18.6. The highest BCUT2D eigenvalue weighted by Crippen LogP contribution is 2.38. The van der Waals surface area contributed by atoms with Crippen LogP contribution in [0.25, 0.3) is 0 Å². The number of nitrogens with one attached hydrogen (secondary N) is 1. The Bertz CT molecular complexity index is 744. The van der Waals surface area contributed by atoms with Crippen LogP contribution in [0.15, 0.2) is 29.2 Å². The third-order valence-electron chi connectivity index (χ3n) is 5.23. The molecule has 0 bridgehead atoms. The maximum Gasteiger partial charge on any atom is 0.326 e. The average Bonchev–Trinajstić information content (AvgIpc) is 2.88. The standard InChI is InChI=1S/C19H23FN2O4S/c1-13-6-4-5-9-19(13)17(24)22(18(25)21-19)12-16(23)26-10-11-27-15-8-3-2-7-14(15)20/h2-3,7-8,13H,4-6,9-12H2,1H3,(H,21,25)/t13-,19+/m1/s1. The molecular weight excluding hydrogens is 371 g/mol. The van der Waals surface area contributed by atoms with Crippen molar-refractivity contribution in [2.45, 2.75) is 43.0 Å². The summed E-state index contributed by atoms with van der Waals surface area (Å²) in [7, 11) is 0. The molecule has 8 heteroatoms. The van der Waals surface area contributed by atoms with E-state index in [-0.39, 0.29) is 24.2 Å². The Kier molecular flexibility index (Phi) is 6.04. The molecule has 146 valence electrons. The summed E-state index contributed by atoms with van der Waals surface area (Å²) in [5.41, 5.74) is -0.879. The molecule has 1 N–H and O–H groups in total. The molecule has 1 aromatic rings. The van der Waals surface area contributed by atoms with Gasteiger partial charge in [-0.1, -0.05) is 31.9 Å². The molecule has 1 spiro atoms. The van der Waals surface area contributed by atoms with Crippen molar-refractivity contribution in [3.63, 3.8) is 0 Å². The lowest BCUT2D eigenvalue weighted by Crippen LogP contribution is -2.54. The molecule has 1 aliphatic heterocycles. The van der Waals surface area contributed by atoms with Crippen molar-refractivity contribution in [3.8, 4) is 0 Å². The van der Waals surface area contributed by atoms with E-state index in [4.69, 9.17) is 4.74 Å². The number of benzene rings is 1. The van der Waals surface area contributed by atoms with Gasteiger partial charge in [-0.3, -0.25) is 14.5 Å². The molecule has 1 aromatic carbocycles. The number of ether oxygens (including phenoxy) is 1. The first-order valence-electron chi connectivity index (χ1n) is 9.11. The second-order valence-corrected chi connectivity index (χ2v) is 8.08. The molecule has 0 unspecified atom stereocenters. The molecule has 2 aliphatic rings. The maximum atomic E-state index is 13.5. The van der Waals surface area contributed by atoms with Crippen LogP contribution in [0.3, 0.4) is 0 Å². The minimum atomic E-state index is -0.879. The lowest BCUT2D eigenvalue weighted by atomic mass is 9.73. The predicted octanol–water partition coefficient (Wildman–Crippen LogP) is 2.96. The third-order valence-corrected chi connectivity index (χ3v) is 6.24. The van der Waals surface area contributed by atoms with Crippen LogP contribution in [0.1, 0.15) is 32.6 Å². The van der Waals surface area contributed by atoms with Crippen molar-refractivity contribution in [1.82, 2.24) is 10.2 Å². The Morgan fingerprint density at radius 1 is 1.37 bits per heavy atom. The van der Waals surface area contributed by atoms with E-state index in [1.165, 1.54) is 17.8 Å². The number of urea groups is 1. The average molecular weight is 394 g/mol. The lowest BCUT2D eigenvalue weighted by molar-refractivity contribution is -0.148. The van der Waals surface area contributed by atoms with Crippen molar-refractivity contribution >= 4 is 29.7 Å². The number of imide groups is 1. The molecule has 0 aromatic heterocycles. The van der Waals surface area contributed by atoms with Crippen molar-refractivity contribution in [2.75, 3.05) is 18.9 Å². The summed E-state index contributed by atoms with van der Waals surface area (Å²) in [5, 5.41) is 2.80. The summed E-state index contributed by atoms with van der Waals surface area (Å²) in [6, 6.07) is 5.83. The number of amides is 3. The van der Waals surface area contributed by atoms with Crippen LogP contribution < -0.4 is 5.32 Å². The number of hydrogen-bond acceptors (Lipinski definition) is 5. The van der Waals surface area contributed by atoms with Gasteiger partial charge in [-0.05, 0) is 30.9 Å². The van der Waals surface area contributed by atoms with Gasteiger partial charge >= 0.3 is 12.0 Å². The van der Waals surface area contributed by atoms with Gasteiger partial charge in [-0.15, -0.1) is 11.8 Å². The van der Waals surface area contributed by atoms with Gasteiger partial charge in [0.15, 0.2) is 0 Å². The molecule has 27 heavy (non-hydrogen) atoms. The lowest BCUT2D eigenvalue weighted by Gasteiger charge is -2.36. The van der Waals surface area contributed by atoms with E-state index >= 15 is 0 Å². The molecule has 2 fully saturated rings. The van der Waals surface area contributed by atoms with Crippen LogP contribution >= 0.6 is 11.8 Å². The van der Waals surface area contributed by atoms with Crippen molar-refractivity contribution in [2.24, 2.45) is 5.92 Å². The number of carbonyl (C=O) groups excluding carboxylic acids is 3. The summed E-state index contributed by atoms with van der Waals surface area (Å²) >= 11 is 1.24. The van der Waals surface area contributed by atoms with E-state index in [1.54, 1.807) is 18.2 Å². The molecule has 2 atom stereocenters. The van der Waals surface area contributed by atoms with E-state index in [2.05, 4.69) is 5.32 Å². The van der Waals surface area contributed by atoms with Gasteiger partial charge in [-0.25, -0.2) is 9.18 Å². The molecule has 3 rings (SSSR count). The van der Waals surface area contributed by atoms with Gasteiger partial charge in [0, 0.05) is 10.6 Å². The number of rotatable bonds is 6. The summed E-state index contributed by atoms with van der Waals surface area (Å²) in [6.07, 6.45) is 3.39. The normalized spacial score (nSPS) is 25.0. The molecule has 1 saturated carbocycles. The van der Waals surface area contributed by atoms with Gasteiger partial charge < -0.3 is 10.1 Å². The highest BCUT2D eigenvalue weighted by Gasteiger charge is 2.55. The number of carbonyl (C=O) groups is 3. The van der Waals surface area contributed by atoms with E-state index in [9.17, 15) is 18.8 Å². The topological polar surface area (TPSA) is 75.7 Å². The minimum Gasteiger partial charge on any atom is -0.463 e. The van der Waals surface area contributed by atoms with Crippen molar-refractivity contribution in [3.05, 3.63) is 30.1 Å². The highest BCUT2D eigenvalue weighted by atomic mass is 32.2. The zero-order valence-electron chi connectivity index (χ0n) is 15.2. The Hall–Kier alpha value is -2.09. The molecule has 3 amide bonds. The molecule has 0 radical (unpaired) electrons. The molecule has 1 heterocycles. The van der Waals surface area contributed by atoms with Gasteiger partial charge in [-0.2, -0.15) is 0 Å². The largest absolute Gasteiger partial charge is 0.463 e. The number of nitrogens with zero attached hydrogens (tertiary/aromatic N) is 1. The van der Waals surface area contributed by atoms with Gasteiger partial charge in [0.2, 0.25) is 0 Å². The van der Waals surface area contributed by atoms with Crippen LogP contribution in [0.5, 0.6) is 0 Å². The number of thioether (sulfide) groups is 1. The first-order valence-corrected chi connectivity index (χ1v) is 10.1. The first kappa shape index (κ1) is 19.7. The molecule has 6 nitrogen and oxygen atoms in total. The van der Waals surface area contributed by atoms with Gasteiger partial charge in [0.25, 0.3) is 5.91 Å². The first-order chi connectivity index (χ1) is 12.9. The van der Waals surface area contributed by atoms with E-state index < -0.39 is 24.1 Å². The summed E-state index contributed by atoms with van der Waals surface area (Å²) in [5.74, 6) is -0.875. The SMILES string of the molecule is C[C@@H]1CCCC[C@]12NC(=O)N(CC(=O)OCCSc1ccccc1F)C2=O. The quantitative estimate of drug-likeness (QED) is 0.347. The zero-order chi connectivity index (χ0) is 19.4. The fourth-order valence-corrected chi connectivity index (χ4v) is 4.45. The predicted molar refractivity (Wildman–Crippen MR) is 98.7 cm³/mol. The zero-order valence-corrected chi connectivity index (χ0v) is 16.0. The van der Waals surface area contributed by atoms with E-state index in [1.807, 2.05) is 6.92 Å². The van der Waals surface area contributed by atoms with Crippen molar-refractivity contribution < 1.29 is 23.5 Å². The van der Waals surface area contributed by atoms with Crippen LogP contribution in [-0.4, -0.2) is 47.3 Å². The number of hydrogen-bond donors (Lipinski definition) is 1. The Labute approximate surface area is 161 Å². The number of esters is 1. The Morgan fingerprint density at radius 2 is 2.15 bits per heavy atom. The molecule has 1 aliphatic carbocycles. The van der Waals surface area contributed by atoms with Crippen LogP contribution in [0.4, 0.5) is 9.18 Å². The molecule has 1 saturated heterocycles. The summed E-state index contributed by atoms with van der Waals surface area (Å²) in [6.45, 7) is 1.63. The van der Waals surface area contributed by atoms with Crippen LogP contribution in [0.2, 0.25) is 0 Å². The number of halogens is 1. The van der Waals surface area contributed by atoms with Crippen molar-refractivity contribution in [1.29, 1.82) is 0 Å². The smallest absolute Gasteiger partial charge is 0.326 e. The maximum absolute atomic E-state index is 13.5. The summed E-state index contributed by atoms with van der Waals surface area (Å²) in [4.78, 5) is 38.5. The fraction of sp³-hybridized carbons (Fsp3) is 0.526. The molecular formula is C19H23FN2O4S. The second kappa shape index (κ2) is 8.29. The van der Waals surface area contributed by atoms with Gasteiger partial charge in [0.1, 0.15) is 24.5 Å². The minimum absolute atomic E-state index is 0.0425. The second-order valence-electron chi connectivity index (χ2n) is 6.94.